The first-order chi connectivity index (χ1) is 15.8. The standard InChI is InChI=1S/C25H22Br2N2O4/c1-16(30)29(15-23(31)33-2)24(17-8-4-3-5-9-17)20-14-18(26)12-13-22(20)28-25(32)19-10-6-7-11-21(19)27/h3-14,24H,15H2,1-2H3,(H,28,32)/t24-/m0/s1. The van der Waals surface area contributed by atoms with Gasteiger partial charge < -0.3 is 15.0 Å². The summed E-state index contributed by atoms with van der Waals surface area (Å²) in [6, 6.07) is 21.2. The van der Waals surface area contributed by atoms with Crippen molar-refractivity contribution >= 4 is 55.3 Å². The molecule has 0 radical (unpaired) electrons. The van der Waals surface area contributed by atoms with Gasteiger partial charge in [-0.15, -0.1) is 0 Å². The first-order valence-electron chi connectivity index (χ1n) is 10.1. The average molecular weight is 574 g/mol. The lowest BCUT2D eigenvalue weighted by atomic mass is 9.95. The van der Waals surface area contributed by atoms with Gasteiger partial charge in [-0.2, -0.15) is 0 Å². The van der Waals surface area contributed by atoms with E-state index in [4.69, 9.17) is 4.74 Å². The highest BCUT2D eigenvalue weighted by Gasteiger charge is 2.29. The van der Waals surface area contributed by atoms with Gasteiger partial charge >= 0.3 is 5.97 Å². The highest BCUT2D eigenvalue weighted by Crippen LogP contribution is 2.36. The Labute approximate surface area is 209 Å². The largest absolute Gasteiger partial charge is 0.468 e. The topological polar surface area (TPSA) is 75.7 Å². The highest BCUT2D eigenvalue weighted by molar-refractivity contribution is 9.10. The van der Waals surface area contributed by atoms with E-state index in [-0.39, 0.29) is 18.4 Å². The summed E-state index contributed by atoms with van der Waals surface area (Å²) in [4.78, 5) is 39.3. The molecular weight excluding hydrogens is 552 g/mol. The van der Waals surface area contributed by atoms with Crippen LogP contribution in [0.5, 0.6) is 0 Å². The molecule has 33 heavy (non-hydrogen) atoms. The molecule has 0 aliphatic carbocycles. The zero-order valence-electron chi connectivity index (χ0n) is 18.0. The maximum Gasteiger partial charge on any atom is 0.325 e. The Morgan fingerprint density at radius 2 is 1.64 bits per heavy atom. The lowest BCUT2D eigenvalue weighted by Gasteiger charge is -2.32. The maximum atomic E-state index is 13.1. The van der Waals surface area contributed by atoms with Gasteiger partial charge in [-0.1, -0.05) is 58.4 Å². The lowest BCUT2D eigenvalue weighted by Crippen LogP contribution is -2.38. The second-order valence-electron chi connectivity index (χ2n) is 7.20. The fourth-order valence-electron chi connectivity index (χ4n) is 3.46. The van der Waals surface area contributed by atoms with Crippen molar-refractivity contribution in [2.75, 3.05) is 19.0 Å². The highest BCUT2D eigenvalue weighted by atomic mass is 79.9. The third kappa shape index (κ3) is 6.09. The molecule has 3 rings (SSSR count). The van der Waals surface area contributed by atoms with Crippen LogP contribution in [0.3, 0.4) is 0 Å². The van der Waals surface area contributed by atoms with Crippen LogP contribution in [0.25, 0.3) is 0 Å². The number of ether oxygens (including phenoxy) is 1. The summed E-state index contributed by atoms with van der Waals surface area (Å²) in [6.45, 7) is 1.16. The summed E-state index contributed by atoms with van der Waals surface area (Å²) >= 11 is 6.91. The summed E-state index contributed by atoms with van der Waals surface area (Å²) < 4.78 is 6.25. The number of hydrogen-bond donors (Lipinski definition) is 1. The molecule has 0 saturated carbocycles. The lowest BCUT2D eigenvalue weighted by molar-refractivity contribution is -0.147. The number of carbonyl (C=O) groups is 3. The van der Waals surface area contributed by atoms with Gasteiger partial charge in [0.25, 0.3) is 5.91 Å². The fourth-order valence-corrected chi connectivity index (χ4v) is 4.30. The van der Waals surface area contributed by atoms with E-state index >= 15 is 0 Å². The van der Waals surface area contributed by atoms with Crippen LogP contribution >= 0.6 is 31.9 Å². The number of halogens is 2. The van der Waals surface area contributed by atoms with E-state index in [2.05, 4.69) is 37.2 Å². The van der Waals surface area contributed by atoms with Gasteiger partial charge in [0, 0.05) is 27.1 Å². The van der Waals surface area contributed by atoms with Crippen molar-refractivity contribution in [2.24, 2.45) is 0 Å². The molecule has 6 nitrogen and oxygen atoms in total. The molecule has 3 aromatic rings. The molecule has 2 amide bonds. The van der Waals surface area contributed by atoms with E-state index in [0.717, 1.165) is 10.0 Å². The summed E-state index contributed by atoms with van der Waals surface area (Å²) in [7, 11) is 1.28. The van der Waals surface area contributed by atoms with E-state index < -0.39 is 12.0 Å². The molecule has 0 spiro atoms. The minimum absolute atomic E-state index is 0.241. The number of anilines is 1. The first kappa shape index (κ1) is 24.7. The fraction of sp³-hybridized carbons (Fsp3) is 0.160. The van der Waals surface area contributed by atoms with E-state index in [0.29, 0.717) is 21.3 Å². The number of nitrogens with zero attached hydrogens (tertiary/aromatic N) is 1. The Hall–Kier alpha value is -2.97. The van der Waals surface area contributed by atoms with Gasteiger partial charge in [-0.3, -0.25) is 14.4 Å². The molecule has 0 fully saturated rings. The number of amides is 2. The second-order valence-corrected chi connectivity index (χ2v) is 8.97. The minimum Gasteiger partial charge on any atom is -0.468 e. The van der Waals surface area contributed by atoms with Crippen molar-refractivity contribution in [1.29, 1.82) is 0 Å². The normalized spacial score (nSPS) is 11.4. The van der Waals surface area contributed by atoms with E-state index in [1.165, 1.54) is 18.9 Å². The zero-order chi connectivity index (χ0) is 24.0. The van der Waals surface area contributed by atoms with Crippen LogP contribution in [0.15, 0.2) is 81.7 Å². The van der Waals surface area contributed by atoms with Gasteiger partial charge in [0.05, 0.1) is 18.7 Å². The van der Waals surface area contributed by atoms with E-state index in [1.54, 1.807) is 30.3 Å². The number of benzene rings is 3. The van der Waals surface area contributed by atoms with Crippen molar-refractivity contribution in [3.05, 3.63) is 98.4 Å². The predicted molar refractivity (Wildman–Crippen MR) is 134 cm³/mol. The molecule has 1 atom stereocenters. The Kier molecular flexibility index (Phi) is 8.41. The van der Waals surface area contributed by atoms with Crippen molar-refractivity contribution in [1.82, 2.24) is 4.90 Å². The van der Waals surface area contributed by atoms with Crippen LogP contribution in [0, 0.1) is 0 Å². The number of carbonyl (C=O) groups excluding carboxylic acids is 3. The Bertz CT molecular complexity index is 1170. The molecule has 0 aromatic heterocycles. The van der Waals surface area contributed by atoms with Crippen molar-refractivity contribution < 1.29 is 19.1 Å². The quantitative estimate of drug-likeness (QED) is 0.375. The maximum absolute atomic E-state index is 13.1. The summed E-state index contributed by atoms with van der Waals surface area (Å²) in [5.74, 6) is -1.16. The average Bonchev–Trinajstić information content (AvgIpc) is 2.81. The molecule has 0 unspecified atom stereocenters. The van der Waals surface area contributed by atoms with Gasteiger partial charge in [-0.25, -0.2) is 0 Å². The minimum atomic E-state index is -0.644. The molecule has 3 aromatic carbocycles. The number of esters is 1. The SMILES string of the molecule is COC(=O)CN(C(C)=O)[C@@H](c1ccccc1)c1cc(Br)ccc1NC(=O)c1ccccc1Br. The van der Waals surface area contributed by atoms with Gasteiger partial charge in [0.2, 0.25) is 5.91 Å². The zero-order valence-corrected chi connectivity index (χ0v) is 21.2. The van der Waals surface area contributed by atoms with Gasteiger partial charge in [0.15, 0.2) is 0 Å². The first-order valence-corrected chi connectivity index (χ1v) is 11.6. The third-order valence-electron chi connectivity index (χ3n) is 5.03. The molecule has 0 bridgehead atoms. The molecule has 170 valence electrons. The summed E-state index contributed by atoms with van der Waals surface area (Å²) in [6.07, 6.45) is 0. The molecular formula is C25H22Br2N2O4. The molecule has 0 saturated heterocycles. The predicted octanol–water partition coefficient (Wildman–Crippen LogP) is 5.57. The summed E-state index contributed by atoms with van der Waals surface area (Å²) in [5.41, 5.74) is 2.42. The Morgan fingerprint density at radius 1 is 0.970 bits per heavy atom. The van der Waals surface area contributed by atoms with Crippen LogP contribution < -0.4 is 5.32 Å². The Balaban J connectivity index is 2.13. The van der Waals surface area contributed by atoms with Crippen LogP contribution in [-0.4, -0.2) is 36.3 Å². The third-order valence-corrected chi connectivity index (χ3v) is 6.22. The van der Waals surface area contributed by atoms with Crippen molar-refractivity contribution in [3.63, 3.8) is 0 Å². The monoisotopic (exact) mass is 572 g/mol. The molecule has 0 heterocycles. The number of nitrogens with one attached hydrogen (secondary N) is 1. The summed E-state index contributed by atoms with van der Waals surface area (Å²) in [5, 5.41) is 2.96. The number of hydrogen-bond acceptors (Lipinski definition) is 4. The second kappa shape index (κ2) is 11.2. The van der Waals surface area contributed by atoms with Crippen LogP contribution in [0.2, 0.25) is 0 Å². The molecule has 0 aliphatic heterocycles. The molecule has 0 aliphatic rings. The number of rotatable bonds is 7. The molecule has 8 heteroatoms. The van der Waals surface area contributed by atoms with Gasteiger partial charge in [0.1, 0.15) is 6.54 Å². The van der Waals surface area contributed by atoms with Crippen molar-refractivity contribution in [2.45, 2.75) is 13.0 Å². The Morgan fingerprint density at radius 3 is 2.27 bits per heavy atom. The van der Waals surface area contributed by atoms with E-state index in [9.17, 15) is 14.4 Å². The van der Waals surface area contributed by atoms with Crippen LogP contribution in [0.4, 0.5) is 5.69 Å². The van der Waals surface area contributed by atoms with Crippen LogP contribution in [0.1, 0.15) is 34.5 Å². The van der Waals surface area contributed by atoms with Crippen molar-refractivity contribution in [3.8, 4) is 0 Å². The van der Waals surface area contributed by atoms with E-state index in [1.807, 2.05) is 42.5 Å². The van der Waals surface area contributed by atoms with Crippen LogP contribution in [-0.2, 0) is 14.3 Å². The number of methoxy groups -OCH3 is 1. The van der Waals surface area contributed by atoms with Gasteiger partial charge in [-0.05, 0) is 51.8 Å². The molecule has 1 N–H and O–H groups in total. The smallest absolute Gasteiger partial charge is 0.325 e.